The summed E-state index contributed by atoms with van der Waals surface area (Å²) in [6, 6.07) is 0. The Morgan fingerprint density at radius 1 is 1.50 bits per heavy atom. The van der Waals surface area contributed by atoms with E-state index in [9.17, 15) is 8.42 Å². The van der Waals surface area contributed by atoms with Gasteiger partial charge in [0, 0.05) is 25.2 Å². The molecule has 0 atom stereocenters. The zero-order chi connectivity index (χ0) is 9.41. The van der Waals surface area contributed by atoms with Gasteiger partial charge in [0.15, 0.2) is 0 Å². The normalized spacial score (nSPS) is 25.6. The number of hydrogen-bond donors (Lipinski definition) is 2. The Labute approximate surface area is 73.1 Å². The molecule has 6 heteroatoms. The monoisotopic (exact) mass is 193 g/mol. The molecule has 0 spiro atoms. The van der Waals surface area contributed by atoms with Crippen LogP contribution in [-0.2, 0) is 10.2 Å². The molecule has 0 bridgehead atoms. The average Bonchev–Trinajstić information content (AvgIpc) is 1.83. The first-order valence-electron chi connectivity index (χ1n) is 3.84. The lowest BCUT2D eigenvalue weighted by Gasteiger charge is -2.37. The second-order valence-electron chi connectivity index (χ2n) is 3.69. The van der Waals surface area contributed by atoms with E-state index in [0.717, 1.165) is 0 Å². The second kappa shape index (κ2) is 2.95. The number of piperazine rings is 1. The van der Waals surface area contributed by atoms with Gasteiger partial charge in [0.05, 0.1) is 0 Å². The predicted molar refractivity (Wildman–Crippen MR) is 46.8 cm³/mol. The standard InChI is InChI=1S/C6H15N3O2S/c1-6(2)5-9(4-3-8-6)12(7,10)11/h8H,3-5H2,1-2H3,(H2,7,10,11). The van der Waals surface area contributed by atoms with Crippen molar-refractivity contribution in [2.75, 3.05) is 19.6 Å². The molecule has 12 heavy (non-hydrogen) atoms. The summed E-state index contributed by atoms with van der Waals surface area (Å²) in [4.78, 5) is 0. The molecule has 0 aromatic heterocycles. The van der Waals surface area contributed by atoms with E-state index in [0.29, 0.717) is 19.6 Å². The Balaban J connectivity index is 2.71. The number of rotatable bonds is 1. The van der Waals surface area contributed by atoms with Crippen LogP contribution in [-0.4, -0.2) is 37.9 Å². The zero-order valence-electron chi connectivity index (χ0n) is 7.37. The van der Waals surface area contributed by atoms with Crippen LogP contribution in [0, 0.1) is 0 Å². The van der Waals surface area contributed by atoms with Gasteiger partial charge in [-0.2, -0.15) is 12.7 Å². The van der Waals surface area contributed by atoms with Gasteiger partial charge in [-0.25, -0.2) is 5.14 Å². The van der Waals surface area contributed by atoms with Crippen molar-refractivity contribution in [3.05, 3.63) is 0 Å². The maximum atomic E-state index is 11.0. The van der Waals surface area contributed by atoms with Crippen molar-refractivity contribution in [1.29, 1.82) is 0 Å². The summed E-state index contributed by atoms with van der Waals surface area (Å²) >= 11 is 0. The van der Waals surface area contributed by atoms with Crippen LogP contribution in [0.5, 0.6) is 0 Å². The summed E-state index contributed by atoms with van der Waals surface area (Å²) in [5.74, 6) is 0. The molecular weight excluding hydrogens is 178 g/mol. The van der Waals surface area contributed by atoms with E-state index in [-0.39, 0.29) is 5.54 Å². The fourth-order valence-electron chi connectivity index (χ4n) is 1.31. The van der Waals surface area contributed by atoms with Crippen molar-refractivity contribution in [2.24, 2.45) is 5.14 Å². The van der Waals surface area contributed by atoms with Crippen LogP contribution in [0.2, 0.25) is 0 Å². The van der Waals surface area contributed by atoms with Crippen molar-refractivity contribution in [2.45, 2.75) is 19.4 Å². The van der Waals surface area contributed by atoms with E-state index in [1.807, 2.05) is 13.8 Å². The highest BCUT2D eigenvalue weighted by Crippen LogP contribution is 2.11. The van der Waals surface area contributed by atoms with Crippen LogP contribution in [0.25, 0.3) is 0 Å². The fraction of sp³-hybridized carbons (Fsp3) is 1.00. The van der Waals surface area contributed by atoms with Gasteiger partial charge in [0.25, 0.3) is 10.2 Å². The van der Waals surface area contributed by atoms with Crippen LogP contribution in [0.1, 0.15) is 13.8 Å². The lowest BCUT2D eigenvalue weighted by Crippen LogP contribution is -2.59. The summed E-state index contributed by atoms with van der Waals surface area (Å²) in [6.45, 7) is 5.45. The number of nitrogens with two attached hydrogens (primary N) is 1. The topological polar surface area (TPSA) is 75.4 Å². The smallest absolute Gasteiger partial charge is 0.277 e. The Bertz CT molecular complexity index is 260. The summed E-state index contributed by atoms with van der Waals surface area (Å²) in [5, 5.41) is 8.20. The molecule has 72 valence electrons. The van der Waals surface area contributed by atoms with Crippen LogP contribution < -0.4 is 10.5 Å². The third-order valence-electron chi connectivity index (χ3n) is 1.90. The average molecular weight is 193 g/mol. The minimum Gasteiger partial charge on any atom is -0.309 e. The Kier molecular flexibility index (Phi) is 2.44. The first-order chi connectivity index (χ1) is 5.31. The molecule has 0 unspecified atom stereocenters. The predicted octanol–water partition coefficient (Wildman–Crippen LogP) is -1.13. The molecule has 1 aliphatic heterocycles. The van der Waals surface area contributed by atoms with Crippen molar-refractivity contribution >= 4 is 10.2 Å². The Hall–Kier alpha value is -0.170. The lowest BCUT2D eigenvalue weighted by atomic mass is 10.0. The van der Waals surface area contributed by atoms with Gasteiger partial charge in [0.2, 0.25) is 0 Å². The van der Waals surface area contributed by atoms with Gasteiger partial charge in [-0.05, 0) is 13.8 Å². The van der Waals surface area contributed by atoms with Gasteiger partial charge in [-0.15, -0.1) is 0 Å². The van der Waals surface area contributed by atoms with Gasteiger partial charge < -0.3 is 5.32 Å². The van der Waals surface area contributed by atoms with Crippen molar-refractivity contribution < 1.29 is 8.42 Å². The summed E-state index contributed by atoms with van der Waals surface area (Å²) < 4.78 is 23.2. The molecule has 0 aromatic carbocycles. The molecular formula is C6H15N3O2S. The highest BCUT2D eigenvalue weighted by Gasteiger charge is 2.30. The Morgan fingerprint density at radius 3 is 2.42 bits per heavy atom. The van der Waals surface area contributed by atoms with Gasteiger partial charge >= 0.3 is 0 Å². The molecule has 1 aliphatic rings. The van der Waals surface area contributed by atoms with E-state index < -0.39 is 10.2 Å². The van der Waals surface area contributed by atoms with E-state index in [1.165, 1.54) is 4.31 Å². The maximum absolute atomic E-state index is 11.0. The van der Waals surface area contributed by atoms with Crippen LogP contribution >= 0.6 is 0 Å². The summed E-state index contributed by atoms with van der Waals surface area (Å²) in [5.41, 5.74) is -0.176. The van der Waals surface area contributed by atoms with Crippen molar-refractivity contribution in [3.63, 3.8) is 0 Å². The molecule has 5 nitrogen and oxygen atoms in total. The van der Waals surface area contributed by atoms with Crippen LogP contribution in [0.4, 0.5) is 0 Å². The molecule has 0 radical (unpaired) electrons. The molecule has 0 aliphatic carbocycles. The van der Waals surface area contributed by atoms with Crippen LogP contribution in [0.15, 0.2) is 0 Å². The molecule has 1 rings (SSSR count). The van der Waals surface area contributed by atoms with Crippen LogP contribution in [0.3, 0.4) is 0 Å². The first kappa shape index (κ1) is 9.91. The van der Waals surface area contributed by atoms with Gasteiger partial charge in [-0.1, -0.05) is 0 Å². The second-order valence-corrected chi connectivity index (χ2v) is 5.24. The summed E-state index contributed by atoms with van der Waals surface area (Å²) in [6.07, 6.45) is 0. The van der Waals surface area contributed by atoms with Gasteiger partial charge in [-0.3, -0.25) is 0 Å². The SMILES string of the molecule is CC1(C)CN(S(N)(=O)=O)CCN1. The molecule has 0 amide bonds. The molecule has 0 aromatic rings. The zero-order valence-corrected chi connectivity index (χ0v) is 8.19. The lowest BCUT2D eigenvalue weighted by molar-refractivity contribution is 0.234. The minimum atomic E-state index is -3.50. The molecule has 3 N–H and O–H groups in total. The van der Waals surface area contributed by atoms with Crippen molar-refractivity contribution in [1.82, 2.24) is 9.62 Å². The molecule has 1 heterocycles. The van der Waals surface area contributed by atoms with Crippen molar-refractivity contribution in [3.8, 4) is 0 Å². The summed E-state index contributed by atoms with van der Waals surface area (Å²) in [7, 11) is -3.50. The third kappa shape index (κ3) is 2.41. The van der Waals surface area contributed by atoms with E-state index in [2.05, 4.69) is 5.32 Å². The number of nitrogens with one attached hydrogen (secondary N) is 1. The molecule has 1 saturated heterocycles. The number of hydrogen-bond acceptors (Lipinski definition) is 3. The fourth-order valence-corrected chi connectivity index (χ4v) is 2.16. The maximum Gasteiger partial charge on any atom is 0.277 e. The largest absolute Gasteiger partial charge is 0.309 e. The third-order valence-corrected chi connectivity index (χ3v) is 2.93. The van der Waals surface area contributed by atoms with E-state index in [4.69, 9.17) is 5.14 Å². The van der Waals surface area contributed by atoms with Gasteiger partial charge in [0.1, 0.15) is 0 Å². The Morgan fingerprint density at radius 2 is 2.08 bits per heavy atom. The quantitative estimate of drug-likeness (QED) is 0.553. The highest BCUT2D eigenvalue weighted by atomic mass is 32.2. The molecule has 1 fully saturated rings. The highest BCUT2D eigenvalue weighted by molar-refractivity contribution is 7.86. The first-order valence-corrected chi connectivity index (χ1v) is 5.34. The molecule has 0 saturated carbocycles. The van der Waals surface area contributed by atoms with E-state index >= 15 is 0 Å². The van der Waals surface area contributed by atoms with E-state index in [1.54, 1.807) is 0 Å². The number of nitrogens with zero attached hydrogens (tertiary/aromatic N) is 1. The minimum absolute atomic E-state index is 0.176.